The third-order valence-corrected chi connectivity index (χ3v) is 3.87. The predicted octanol–water partition coefficient (Wildman–Crippen LogP) is 2.77. The summed E-state index contributed by atoms with van der Waals surface area (Å²) in [6, 6.07) is 14.8. The van der Waals surface area contributed by atoms with Crippen LogP contribution in [-0.2, 0) is 16.0 Å². The van der Waals surface area contributed by atoms with Crippen molar-refractivity contribution in [2.24, 2.45) is 0 Å². The molecule has 2 aromatic rings. The molecule has 0 aliphatic rings. The van der Waals surface area contributed by atoms with E-state index in [4.69, 9.17) is 4.74 Å². The van der Waals surface area contributed by atoms with Crippen LogP contribution >= 0.6 is 0 Å². The Morgan fingerprint density at radius 3 is 2.19 bits per heavy atom. The Morgan fingerprint density at radius 2 is 1.58 bits per heavy atom. The summed E-state index contributed by atoms with van der Waals surface area (Å²) in [4.78, 5) is 26.0. The zero-order chi connectivity index (χ0) is 18.9. The van der Waals surface area contributed by atoms with Crippen molar-refractivity contribution < 1.29 is 14.3 Å². The molecule has 26 heavy (non-hydrogen) atoms. The Labute approximate surface area is 154 Å². The van der Waals surface area contributed by atoms with Crippen molar-refractivity contribution in [3.63, 3.8) is 0 Å². The number of nitrogens with one attached hydrogen (secondary N) is 2. The van der Waals surface area contributed by atoms with Gasteiger partial charge in [0.15, 0.2) is 0 Å². The number of carbonyl (C=O) groups excluding carboxylic acids is 2. The standard InChI is InChI=1S/C20H25N3O3/c1-4-15-7-5-6-8-18(15)22-20(25)14-23(2)13-19(24)21-16-9-11-17(26-3)12-10-16/h5-12H,4,13-14H2,1-3H3,(H,21,24)(H,22,25). The summed E-state index contributed by atoms with van der Waals surface area (Å²) in [5.41, 5.74) is 2.59. The fourth-order valence-electron chi connectivity index (χ4n) is 2.56. The molecule has 0 saturated heterocycles. The van der Waals surface area contributed by atoms with Crippen molar-refractivity contribution in [2.45, 2.75) is 13.3 Å². The van der Waals surface area contributed by atoms with E-state index in [1.807, 2.05) is 31.2 Å². The second kappa shape index (κ2) is 9.58. The summed E-state index contributed by atoms with van der Waals surface area (Å²) >= 11 is 0. The van der Waals surface area contributed by atoms with Crippen LogP contribution in [-0.4, -0.2) is 44.0 Å². The first kappa shape index (κ1) is 19.5. The van der Waals surface area contributed by atoms with E-state index in [0.717, 1.165) is 23.4 Å². The van der Waals surface area contributed by atoms with E-state index < -0.39 is 0 Å². The molecule has 0 aliphatic heterocycles. The molecule has 0 radical (unpaired) electrons. The third-order valence-electron chi connectivity index (χ3n) is 3.87. The van der Waals surface area contributed by atoms with Crippen LogP contribution in [0.2, 0.25) is 0 Å². The molecule has 6 heteroatoms. The lowest BCUT2D eigenvalue weighted by Crippen LogP contribution is -2.36. The first-order valence-corrected chi connectivity index (χ1v) is 8.52. The van der Waals surface area contributed by atoms with Crippen LogP contribution in [0.4, 0.5) is 11.4 Å². The van der Waals surface area contributed by atoms with Gasteiger partial charge in [0.1, 0.15) is 5.75 Å². The number of anilines is 2. The van der Waals surface area contributed by atoms with Gasteiger partial charge in [0.25, 0.3) is 0 Å². The largest absolute Gasteiger partial charge is 0.497 e. The molecule has 138 valence electrons. The number of nitrogens with zero attached hydrogens (tertiary/aromatic N) is 1. The van der Waals surface area contributed by atoms with Crippen LogP contribution in [0.5, 0.6) is 5.75 Å². The highest BCUT2D eigenvalue weighted by Gasteiger charge is 2.12. The number of hydrogen-bond acceptors (Lipinski definition) is 4. The smallest absolute Gasteiger partial charge is 0.238 e. The number of amides is 2. The molecule has 2 aromatic carbocycles. The third kappa shape index (κ3) is 5.89. The van der Waals surface area contributed by atoms with Crippen molar-refractivity contribution in [2.75, 3.05) is 37.9 Å². The fraction of sp³-hybridized carbons (Fsp3) is 0.300. The summed E-state index contributed by atoms with van der Waals surface area (Å²) < 4.78 is 5.08. The minimum Gasteiger partial charge on any atom is -0.497 e. The maximum absolute atomic E-state index is 12.2. The van der Waals surface area contributed by atoms with E-state index in [2.05, 4.69) is 10.6 Å². The fourth-order valence-corrected chi connectivity index (χ4v) is 2.56. The van der Waals surface area contributed by atoms with Crippen LogP contribution in [0.15, 0.2) is 48.5 Å². The molecule has 2 amide bonds. The highest BCUT2D eigenvalue weighted by atomic mass is 16.5. The summed E-state index contributed by atoms with van der Waals surface area (Å²) in [7, 11) is 3.32. The van der Waals surface area contributed by atoms with Crippen LogP contribution in [0.3, 0.4) is 0 Å². The number of para-hydroxylation sites is 1. The lowest BCUT2D eigenvalue weighted by Gasteiger charge is -2.17. The average Bonchev–Trinajstić information content (AvgIpc) is 2.62. The SMILES string of the molecule is CCc1ccccc1NC(=O)CN(C)CC(=O)Nc1ccc(OC)cc1. The molecule has 0 bridgehead atoms. The highest BCUT2D eigenvalue weighted by molar-refractivity contribution is 5.95. The molecule has 0 saturated carbocycles. The summed E-state index contributed by atoms with van der Waals surface area (Å²) in [5.74, 6) is 0.397. The van der Waals surface area contributed by atoms with Crippen LogP contribution in [0.25, 0.3) is 0 Å². The van der Waals surface area contributed by atoms with Crippen LogP contribution in [0.1, 0.15) is 12.5 Å². The minimum absolute atomic E-state index is 0.120. The van der Waals surface area contributed by atoms with E-state index in [1.165, 1.54) is 0 Å². The number of aryl methyl sites for hydroxylation is 1. The maximum Gasteiger partial charge on any atom is 0.238 e. The summed E-state index contributed by atoms with van der Waals surface area (Å²) in [6.07, 6.45) is 0.844. The quantitative estimate of drug-likeness (QED) is 0.764. The lowest BCUT2D eigenvalue weighted by atomic mass is 10.1. The van der Waals surface area contributed by atoms with E-state index >= 15 is 0 Å². The molecule has 2 N–H and O–H groups in total. The van der Waals surface area contributed by atoms with Gasteiger partial charge in [-0.3, -0.25) is 14.5 Å². The molecule has 0 aliphatic carbocycles. The van der Waals surface area contributed by atoms with E-state index in [1.54, 1.807) is 43.3 Å². The number of methoxy groups -OCH3 is 1. The molecule has 6 nitrogen and oxygen atoms in total. The van der Waals surface area contributed by atoms with Gasteiger partial charge in [0.2, 0.25) is 11.8 Å². The molecule has 0 fully saturated rings. The predicted molar refractivity (Wildman–Crippen MR) is 104 cm³/mol. The first-order chi connectivity index (χ1) is 12.5. The van der Waals surface area contributed by atoms with E-state index in [0.29, 0.717) is 5.69 Å². The van der Waals surface area contributed by atoms with Crippen molar-refractivity contribution in [1.29, 1.82) is 0 Å². The zero-order valence-electron chi connectivity index (χ0n) is 15.4. The number of hydrogen-bond donors (Lipinski definition) is 2. The topological polar surface area (TPSA) is 70.7 Å². The Bertz CT molecular complexity index is 744. The molecule has 0 heterocycles. The van der Waals surface area contributed by atoms with Gasteiger partial charge in [0.05, 0.1) is 20.2 Å². The molecule has 0 atom stereocenters. The average molecular weight is 355 g/mol. The second-order valence-corrected chi connectivity index (χ2v) is 6.01. The second-order valence-electron chi connectivity index (χ2n) is 6.01. The Morgan fingerprint density at radius 1 is 0.962 bits per heavy atom. The van der Waals surface area contributed by atoms with Gasteiger partial charge in [-0.25, -0.2) is 0 Å². The molecule has 0 unspecified atom stereocenters. The van der Waals surface area contributed by atoms with Gasteiger partial charge in [-0.15, -0.1) is 0 Å². The lowest BCUT2D eigenvalue weighted by molar-refractivity contribution is -0.119. The van der Waals surface area contributed by atoms with Gasteiger partial charge in [-0.2, -0.15) is 0 Å². The van der Waals surface area contributed by atoms with E-state index in [-0.39, 0.29) is 24.9 Å². The van der Waals surface area contributed by atoms with Gasteiger partial charge >= 0.3 is 0 Å². The summed E-state index contributed by atoms with van der Waals surface area (Å²) in [6.45, 7) is 2.30. The minimum atomic E-state index is -0.181. The monoisotopic (exact) mass is 355 g/mol. The highest BCUT2D eigenvalue weighted by Crippen LogP contribution is 2.16. The van der Waals surface area contributed by atoms with Gasteiger partial charge in [0, 0.05) is 11.4 Å². The van der Waals surface area contributed by atoms with Gasteiger partial charge < -0.3 is 15.4 Å². The molecular weight excluding hydrogens is 330 g/mol. The first-order valence-electron chi connectivity index (χ1n) is 8.52. The van der Waals surface area contributed by atoms with Crippen molar-refractivity contribution in [3.8, 4) is 5.75 Å². The number of likely N-dealkylation sites (N-methyl/N-ethyl adjacent to an activating group) is 1. The van der Waals surface area contributed by atoms with E-state index in [9.17, 15) is 9.59 Å². The number of rotatable bonds is 8. The van der Waals surface area contributed by atoms with Crippen molar-refractivity contribution >= 4 is 23.2 Å². The molecule has 0 spiro atoms. The zero-order valence-corrected chi connectivity index (χ0v) is 15.4. The van der Waals surface area contributed by atoms with Crippen molar-refractivity contribution in [1.82, 2.24) is 4.90 Å². The molecule has 2 rings (SSSR count). The van der Waals surface area contributed by atoms with Gasteiger partial charge in [-0.1, -0.05) is 25.1 Å². The van der Waals surface area contributed by atoms with Crippen molar-refractivity contribution in [3.05, 3.63) is 54.1 Å². The number of ether oxygens (including phenoxy) is 1. The van der Waals surface area contributed by atoms with Crippen LogP contribution < -0.4 is 15.4 Å². The molecular formula is C20H25N3O3. The number of benzene rings is 2. The Hall–Kier alpha value is -2.86. The summed E-state index contributed by atoms with van der Waals surface area (Å²) in [5, 5.41) is 5.70. The molecule has 0 aromatic heterocycles. The Balaban J connectivity index is 1.82. The van der Waals surface area contributed by atoms with Gasteiger partial charge in [-0.05, 0) is 49.4 Å². The normalized spacial score (nSPS) is 10.5. The Kier molecular flexibility index (Phi) is 7.17. The number of carbonyl (C=O) groups is 2. The van der Waals surface area contributed by atoms with Crippen LogP contribution in [0, 0.1) is 0 Å². The maximum atomic E-state index is 12.2.